The molecule has 2 aromatic rings. The number of hydrogen-bond donors (Lipinski definition) is 2. The van der Waals surface area contributed by atoms with E-state index in [0.717, 1.165) is 17.1 Å². The minimum Gasteiger partial charge on any atom is -0.497 e. The molecule has 0 spiro atoms. The molecule has 28 heavy (non-hydrogen) atoms. The first kappa shape index (κ1) is 20.9. The van der Waals surface area contributed by atoms with Crippen LogP contribution in [0, 0.1) is 0 Å². The lowest BCUT2D eigenvalue weighted by atomic mass is 10.2. The standard InChI is InChI=1S/C20H25N3O5/c1-3-26-19-13-15(14-22-23-20(21)24)5-10-18(19)28-12-4-11-27-17-8-6-16(25-2)7-9-17/h5-10,13-14H,3-4,11-12H2,1-2H3,(H3,21,23,24). The third kappa shape index (κ3) is 7.06. The molecule has 2 amide bonds. The highest BCUT2D eigenvalue weighted by atomic mass is 16.5. The average molecular weight is 387 g/mol. The number of benzene rings is 2. The maximum Gasteiger partial charge on any atom is 0.332 e. The lowest BCUT2D eigenvalue weighted by Gasteiger charge is -2.13. The molecule has 0 aliphatic carbocycles. The molecule has 8 nitrogen and oxygen atoms in total. The quantitative estimate of drug-likeness (QED) is 0.350. The van der Waals surface area contributed by atoms with Crippen molar-refractivity contribution in [2.75, 3.05) is 26.9 Å². The summed E-state index contributed by atoms with van der Waals surface area (Å²) >= 11 is 0. The monoisotopic (exact) mass is 387 g/mol. The van der Waals surface area contributed by atoms with E-state index < -0.39 is 6.03 Å². The van der Waals surface area contributed by atoms with Gasteiger partial charge in [0, 0.05) is 6.42 Å². The summed E-state index contributed by atoms with van der Waals surface area (Å²) in [6, 6.07) is 12.1. The summed E-state index contributed by atoms with van der Waals surface area (Å²) in [6.45, 7) is 3.39. The predicted octanol–water partition coefficient (Wildman–Crippen LogP) is 2.94. The van der Waals surface area contributed by atoms with Gasteiger partial charge in [0.1, 0.15) is 11.5 Å². The Balaban J connectivity index is 1.82. The maximum atomic E-state index is 10.6. The van der Waals surface area contributed by atoms with Gasteiger partial charge in [-0.15, -0.1) is 0 Å². The Morgan fingerprint density at radius 2 is 1.75 bits per heavy atom. The Morgan fingerprint density at radius 1 is 1.04 bits per heavy atom. The molecule has 150 valence electrons. The van der Waals surface area contributed by atoms with Crippen LogP contribution in [0.1, 0.15) is 18.9 Å². The average Bonchev–Trinajstić information content (AvgIpc) is 2.69. The van der Waals surface area contributed by atoms with E-state index in [0.29, 0.717) is 37.7 Å². The number of carbonyl (C=O) groups excluding carboxylic acids is 1. The Kier molecular flexibility index (Phi) is 8.45. The number of nitrogens with one attached hydrogen (secondary N) is 1. The Bertz CT molecular complexity index is 778. The summed E-state index contributed by atoms with van der Waals surface area (Å²) in [5, 5.41) is 3.73. The number of urea groups is 1. The van der Waals surface area contributed by atoms with Gasteiger partial charge >= 0.3 is 6.03 Å². The van der Waals surface area contributed by atoms with Crippen LogP contribution in [-0.4, -0.2) is 39.2 Å². The van der Waals surface area contributed by atoms with E-state index in [-0.39, 0.29) is 0 Å². The van der Waals surface area contributed by atoms with Crippen molar-refractivity contribution in [3.05, 3.63) is 48.0 Å². The number of nitrogens with zero attached hydrogens (tertiary/aromatic N) is 1. The van der Waals surface area contributed by atoms with Gasteiger partial charge < -0.3 is 24.7 Å². The van der Waals surface area contributed by atoms with Gasteiger partial charge in [0.05, 0.1) is 33.1 Å². The van der Waals surface area contributed by atoms with Gasteiger partial charge in [-0.2, -0.15) is 5.10 Å². The van der Waals surface area contributed by atoms with Crippen LogP contribution in [0.3, 0.4) is 0 Å². The van der Waals surface area contributed by atoms with E-state index in [9.17, 15) is 4.79 Å². The Hall–Kier alpha value is -3.42. The molecule has 0 aromatic heterocycles. The first-order valence-electron chi connectivity index (χ1n) is 8.87. The highest BCUT2D eigenvalue weighted by molar-refractivity contribution is 5.82. The largest absolute Gasteiger partial charge is 0.497 e. The molecule has 0 aliphatic rings. The van der Waals surface area contributed by atoms with Gasteiger partial charge in [-0.25, -0.2) is 10.2 Å². The fraction of sp³-hybridized carbons (Fsp3) is 0.300. The van der Waals surface area contributed by atoms with Crippen LogP contribution >= 0.6 is 0 Å². The fourth-order valence-electron chi connectivity index (χ4n) is 2.27. The van der Waals surface area contributed by atoms with E-state index in [1.165, 1.54) is 6.21 Å². The molecule has 0 fully saturated rings. The zero-order valence-corrected chi connectivity index (χ0v) is 16.0. The van der Waals surface area contributed by atoms with Crippen molar-refractivity contribution in [3.8, 4) is 23.0 Å². The SMILES string of the molecule is CCOc1cc(C=NNC(N)=O)ccc1OCCCOc1ccc(OC)cc1. The molecular weight excluding hydrogens is 362 g/mol. The molecule has 2 aromatic carbocycles. The number of hydrazone groups is 1. The molecule has 0 unspecified atom stereocenters. The summed E-state index contributed by atoms with van der Waals surface area (Å²) in [4.78, 5) is 10.6. The van der Waals surface area contributed by atoms with Crippen LogP contribution in [0.5, 0.6) is 23.0 Å². The Labute approximate surface area is 164 Å². The Morgan fingerprint density at radius 3 is 2.43 bits per heavy atom. The van der Waals surface area contributed by atoms with Crippen molar-refractivity contribution in [2.24, 2.45) is 10.8 Å². The molecule has 3 N–H and O–H groups in total. The minimum absolute atomic E-state index is 0.479. The summed E-state index contributed by atoms with van der Waals surface area (Å²) in [5.74, 6) is 2.80. The van der Waals surface area contributed by atoms with Crippen molar-refractivity contribution >= 4 is 12.2 Å². The third-order valence-electron chi connectivity index (χ3n) is 3.53. The number of carbonyl (C=O) groups is 1. The van der Waals surface area contributed by atoms with Gasteiger partial charge in [-0.1, -0.05) is 0 Å². The smallest absolute Gasteiger partial charge is 0.332 e. The first-order valence-corrected chi connectivity index (χ1v) is 8.87. The normalized spacial score (nSPS) is 10.5. The van der Waals surface area contributed by atoms with E-state index in [2.05, 4.69) is 10.5 Å². The van der Waals surface area contributed by atoms with Gasteiger partial charge in [0.15, 0.2) is 11.5 Å². The summed E-state index contributed by atoms with van der Waals surface area (Å²) < 4.78 is 22.2. The van der Waals surface area contributed by atoms with Crippen LogP contribution in [0.2, 0.25) is 0 Å². The van der Waals surface area contributed by atoms with Crippen LogP contribution in [-0.2, 0) is 0 Å². The fourth-order valence-corrected chi connectivity index (χ4v) is 2.27. The summed E-state index contributed by atoms with van der Waals surface area (Å²) in [6.07, 6.45) is 2.18. The van der Waals surface area contributed by atoms with E-state index in [1.54, 1.807) is 25.3 Å². The van der Waals surface area contributed by atoms with Crippen molar-refractivity contribution in [3.63, 3.8) is 0 Å². The number of methoxy groups -OCH3 is 1. The van der Waals surface area contributed by atoms with Crippen molar-refractivity contribution in [1.29, 1.82) is 0 Å². The molecule has 0 radical (unpaired) electrons. The summed E-state index contributed by atoms with van der Waals surface area (Å²) in [5.41, 5.74) is 7.85. The molecule has 8 heteroatoms. The van der Waals surface area contributed by atoms with Crippen LogP contribution < -0.4 is 30.1 Å². The van der Waals surface area contributed by atoms with E-state index >= 15 is 0 Å². The van der Waals surface area contributed by atoms with E-state index in [1.807, 2.05) is 31.2 Å². The molecule has 0 heterocycles. The lowest BCUT2D eigenvalue weighted by Crippen LogP contribution is -2.24. The van der Waals surface area contributed by atoms with Gasteiger partial charge in [-0.3, -0.25) is 0 Å². The highest BCUT2D eigenvalue weighted by Gasteiger charge is 2.06. The van der Waals surface area contributed by atoms with Crippen LogP contribution in [0.25, 0.3) is 0 Å². The van der Waals surface area contributed by atoms with Crippen molar-refractivity contribution in [2.45, 2.75) is 13.3 Å². The maximum absolute atomic E-state index is 10.6. The zero-order valence-electron chi connectivity index (χ0n) is 16.0. The molecule has 0 aliphatic heterocycles. The van der Waals surface area contributed by atoms with Crippen molar-refractivity contribution < 1.29 is 23.7 Å². The highest BCUT2D eigenvalue weighted by Crippen LogP contribution is 2.28. The molecule has 0 saturated carbocycles. The number of nitrogens with two attached hydrogens (primary N) is 1. The second-order valence-electron chi connectivity index (χ2n) is 5.60. The van der Waals surface area contributed by atoms with Gasteiger partial charge in [0.25, 0.3) is 0 Å². The third-order valence-corrected chi connectivity index (χ3v) is 3.53. The lowest BCUT2D eigenvalue weighted by molar-refractivity contribution is 0.236. The molecule has 0 saturated heterocycles. The van der Waals surface area contributed by atoms with Gasteiger partial charge in [-0.05, 0) is 55.0 Å². The minimum atomic E-state index is -0.724. The zero-order chi connectivity index (χ0) is 20.2. The number of ether oxygens (including phenoxy) is 4. The number of amides is 2. The van der Waals surface area contributed by atoms with E-state index in [4.69, 9.17) is 24.7 Å². The molecular formula is C20H25N3O5. The predicted molar refractivity (Wildman–Crippen MR) is 107 cm³/mol. The molecule has 0 bridgehead atoms. The summed E-state index contributed by atoms with van der Waals surface area (Å²) in [7, 11) is 1.63. The van der Waals surface area contributed by atoms with Crippen molar-refractivity contribution in [1.82, 2.24) is 5.43 Å². The topological polar surface area (TPSA) is 104 Å². The molecule has 0 atom stereocenters. The second-order valence-corrected chi connectivity index (χ2v) is 5.60. The van der Waals surface area contributed by atoms with Crippen LogP contribution in [0.4, 0.5) is 4.79 Å². The second kappa shape index (κ2) is 11.3. The number of rotatable bonds is 11. The number of hydrogen-bond acceptors (Lipinski definition) is 6. The first-order chi connectivity index (χ1) is 13.6. The number of primary amides is 1. The van der Waals surface area contributed by atoms with Crippen LogP contribution in [0.15, 0.2) is 47.6 Å². The molecule has 2 rings (SSSR count). The van der Waals surface area contributed by atoms with Gasteiger partial charge in [0.2, 0.25) is 0 Å².